The molecule has 1 aliphatic rings. The first-order valence-electron chi connectivity index (χ1n) is 9.07. The van der Waals surface area contributed by atoms with Crippen LogP contribution in [-0.4, -0.2) is 44.5 Å². The van der Waals surface area contributed by atoms with Crippen LogP contribution in [0.1, 0.15) is 24.5 Å². The summed E-state index contributed by atoms with van der Waals surface area (Å²) in [6, 6.07) is 11.9. The number of imide groups is 1. The average molecular weight is 397 g/mol. The highest BCUT2D eigenvalue weighted by atomic mass is 16.5. The van der Waals surface area contributed by atoms with E-state index in [9.17, 15) is 9.59 Å². The number of rotatable bonds is 7. The lowest BCUT2D eigenvalue weighted by molar-refractivity contribution is -0.131. The number of benzene rings is 2. The van der Waals surface area contributed by atoms with E-state index in [4.69, 9.17) is 14.2 Å². The molecular weight excluding hydrogens is 374 g/mol. The molecule has 0 radical (unpaired) electrons. The van der Waals surface area contributed by atoms with Gasteiger partial charge in [0.25, 0.3) is 5.91 Å². The number of urea groups is 1. The van der Waals surface area contributed by atoms with Crippen molar-refractivity contribution in [2.75, 3.05) is 21.3 Å². The number of nitrogens with one attached hydrogen (secondary N) is 1. The summed E-state index contributed by atoms with van der Waals surface area (Å²) in [5.74, 6) is 0.961. The first-order chi connectivity index (χ1) is 14.0. The fourth-order valence-corrected chi connectivity index (χ4v) is 3.30. The number of nitrogens with zero attached hydrogens (tertiary/aromatic N) is 2. The van der Waals surface area contributed by atoms with Crippen molar-refractivity contribution >= 4 is 18.2 Å². The second-order valence-corrected chi connectivity index (χ2v) is 6.36. The van der Waals surface area contributed by atoms with Crippen LogP contribution in [0.15, 0.2) is 47.6 Å². The van der Waals surface area contributed by atoms with Gasteiger partial charge >= 0.3 is 6.03 Å². The molecule has 2 aromatic carbocycles. The molecule has 2 aromatic rings. The Bertz CT molecular complexity index is 920. The maximum atomic E-state index is 13.1. The zero-order valence-electron chi connectivity index (χ0n) is 16.8. The molecule has 8 heteroatoms. The Kier molecular flexibility index (Phi) is 5.72. The van der Waals surface area contributed by atoms with Crippen molar-refractivity contribution in [3.8, 4) is 17.2 Å². The predicted molar refractivity (Wildman–Crippen MR) is 107 cm³/mol. The Morgan fingerprint density at radius 3 is 2.17 bits per heavy atom. The first kappa shape index (κ1) is 20.2. The minimum absolute atomic E-state index is 0.392. The zero-order valence-corrected chi connectivity index (χ0v) is 16.8. The molecule has 1 atom stereocenters. The molecule has 0 aliphatic carbocycles. The summed E-state index contributed by atoms with van der Waals surface area (Å²) < 4.78 is 16.0. The lowest BCUT2D eigenvalue weighted by Crippen LogP contribution is -2.43. The number of hydrogen-bond acceptors (Lipinski definition) is 6. The molecule has 1 heterocycles. The van der Waals surface area contributed by atoms with E-state index in [-0.39, 0.29) is 0 Å². The highest BCUT2D eigenvalue weighted by molar-refractivity contribution is 6.08. The monoisotopic (exact) mass is 397 g/mol. The van der Waals surface area contributed by atoms with Gasteiger partial charge in [-0.05, 0) is 12.0 Å². The van der Waals surface area contributed by atoms with E-state index >= 15 is 0 Å². The summed E-state index contributed by atoms with van der Waals surface area (Å²) >= 11 is 0. The van der Waals surface area contributed by atoms with Crippen LogP contribution in [0.25, 0.3) is 0 Å². The van der Waals surface area contributed by atoms with Crippen molar-refractivity contribution in [2.45, 2.75) is 18.9 Å². The van der Waals surface area contributed by atoms with Crippen molar-refractivity contribution in [2.24, 2.45) is 5.10 Å². The SMILES string of the molecule is CC[C@]1(c2ccccc2)NC(=O)N(/N=C\c2c(OC)cc(OC)cc2OC)C1=O. The molecule has 0 unspecified atom stereocenters. The largest absolute Gasteiger partial charge is 0.496 e. The van der Waals surface area contributed by atoms with E-state index in [1.165, 1.54) is 27.5 Å². The van der Waals surface area contributed by atoms with Gasteiger partial charge in [-0.25, -0.2) is 4.79 Å². The third kappa shape index (κ3) is 3.49. The fraction of sp³-hybridized carbons (Fsp3) is 0.286. The molecule has 1 fully saturated rings. The molecule has 1 saturated heterocycles. The molecule has 1 aliphatic heterocycles. The van der Waals surface area contributed by atoms with Crippen LogP contribution in [0.5, 0.6) is 17.2 Å². The molecule has 152 valence electrons. The van der Waals surface area contributed by atoms with Gasteiger partial charge in [-0.3, -0.25) is 4.79 Å². The van der Waals surface area contributed by atoms with Crippen LogP contribution in [0.4, 0.5) is 4.79 Å². The second-order valence-electron chi connectivity index (χ2n) is 6.36. The van der Waals surface area contributed by atoms with Crippen LogP contribution >= 0.6 is 0 Å². The van der Waals surface area contributed by atoms with Gasteiger partial charge in [0.05, 0.1) is 33.1 Å². The summed E-state index contributed by atoms with van der Waals surface area (Å²) in [6.07, 6.45) is 1.76. The van der Waals surface area contributed by atoms with Crippen LogP contribution in [0, 0.1) is 0 Å². The topological polar surface area (TPSA) is 89.5 Å². The number of amides is 3. The molecule has 0 saturated carbocycles. The summed E-state index contributed by atoms with van der Waals surface area (Å²) in [5, 5.41) is 7.76. The molecular formula is C21H23N3O5. The smallest absolute Gasteiger partial charge is 0.346 e. The van der Waals surface area contributed by atoms with Gasteiger partial charge < -0.3 is 19.5 Å². The molecule has 1 N–H and O–H groups in total. The van der Waals surface area contributed by atoms with Crippen molar-refractivity contribution in [1.29, 1.82) is 0 Å². The van der Waals surface area contributed by atoms with Crippen molar-refractivity contribution in [3.63, 3.8) is 0 Å². The summed E-state index contributed by atoms with van der Waals surface area (Å²) in [5.41, 5.74) is 0.0345. The minimum Gasteiger partial charge on any atom is -0.496 e. The number of methoxy groups -OCH3 is 3. The normalized spacial score (nSPS) is 18.8. The van der Waals surface area contributed by atoms with Crippen LogP contribution in [-0.2, 0) is 10.3 Å². The third-order valence-electron chi connectivity index (χ3n) is 4.92. The molecule has 0 spiro atoms. The molecule has 3 rings (SSSR count). The summed E-state index contributed by atoms with van der Waals surface area (Å²) in [7, 11) is 4.52. The van der Waals surface area contributed by atoms with E-state index < -0.39 is 17.5 Å². The number of carbonyl (C=O) groups is 2. The number of carbonyl (C=O) groups excluding carboxylic acids is 2. The Balaban J connectivity index is 1.98. The summed E-state index contributed by atoms with van der Waals surface area (Å²) in [6.45, 7) is 1.84. The highest BCUT2D eigenvalue weighted by Gasteiger charge is 2.51. The third-order valence-corrected chi connectivity index (χ3v) is 4.92. The summed E-state index contributed by atoms with van der Waals surface area (Å²) in [4.78, 5) is 25.7. The molecule has 8 nitrogen and oxygen atoms in total. The van der Waals surface area contributed by atoms with Gasteiger partial charge in [-0.1, -0.05) is 37.3 Å². The molecule has 0 aromatic heterocycles. The van der Waals surface area contributed by atoms with Crippen LogP contribution in [0.2, 0.25) is 0 Å². The maximum Gasteiger partial charge on any atom is 0.346 e. The average Bonchev–Trinajstić information content (AvgIpc) is 3.02. The standard InChI is InChI=1S/C21H23N3O5/c1-5-21(14-9-7-6-8-10-14)19(25)24(20(26)23-21)22-13-16-17(28-3)11-15(27-2)12-18(16)29-4/h6-13H,5H2,1-4H3,(H,23,26)/b22-13-/t21-/m1/s1. The van der Waals surface area contributed by atoms with Gasteiger partial charge in [0, 0.05) is 12.1 Å². The van der Waals surface area contributed by atoms with E-state index in [0.29, 0.717) is 34.8 Å². The first-order valence-corrected chi connectivity index (χ1v) is 9.07. The number of hydrazone groups is 1. The Morgan fingerprint density at radius 1 is 1.03 bits per heavy atom. The number of ether oxygens (including phenoxy) is 3. The maximum absolute atomic E-state index is 13.1. The number of hydrogen-bond donors (Lipinski definition) is 1. The fourth-order valence-electron chi connectivity index (χ4n) is 3.30. The lowest BCUT2D eigenvalue weighted by atomic mass is 9.87. The van der Waals surface area contributed by atoms with Crippen molar-refractivity contribution in [3.05, 3.63) is 53.6 Å². The van der Waals surface area contributed by atoms with Crippen molar-refractivity contribution in [1.82, 2.24) is 10.3 Å². The lowest BCUT2D eigenvalue weighted by Gasteiger charge is -2.24. The zero-order chi connectivity index (χ0) is 21.0. The predicted octanol–water partition coefficient (Wildman–Crippen LogP) is 2.90. The highest BCUT2D eigenvalue weighted by Crippen LogP contribution is 2.34. The van der Waals surface area contributed by atoms with Gasteiger partial charge in [-0.2, -0.15) is 5.10 Å². The van der Waals surface area contributed by atoms with Crippen LogP contribution in [0.3, 0.4) is 0 Å². The Labute approximate surface area is 169 Å². The van der Waals surface area contributed by atoms with Gasteiger partial charge in [0.15, 0.2) is 0 Å². The molecule has 3 amide bonds. The van der Waals surface area contributed by atoms with Gasteiger partial charge in [0.2, 0.25) is 0 Å². The van der Waals surface area contributed by atoms with E-state index in [0.717, 1.165) is 5.01 Å². The van der Waals surface area contributed by atoms with Crippen molar-refractivity contribution < 1.29 is 23.8 Å². The molecule has 29 heavy (non-hydrogen) atoms. The van der Waals surface area contributed by atoms with E-state index in [1.54, 1.807) is 12.1 Å². The van der Waals surface area contributed by atoms with Gasteiger partial charge in [-0.15, -0.1) is 5.01 Å². The van der Waals surface area contributed by atoms with Crippen LogP contribution < -0.4 is 19.5 Å². The van der Waals surface area contributed by atoms with Gasteiger partial charge in [0.1, 0.15) is 22.8 Å². The van der Waals surface area contributed by atoms with E-state index in [2.05, 4.69) is 10.4 Å². The van der Waals surface area contributed by atoms with E-state index in [1.807, 2.05) is 37.3 Å². The second kappa shape index (κ2) is 8.22. The minimum atomic E-state index is -1.15. The quantitative estimate of drug-likeness (QED) is 0.573. The molecule has 0 bridgehead atoms. The Hall–Kier alpha value is -3.55. The Morgan fingerprint density at radius 2 is 1.66 bits per heavy atom.